The van der Waals surface area contributed by atoms with E-state index < -0.39 is 6.42 Å². The van der Waals surface area contributed by atoms with Crippen molar-refractivity contribution >= 4 is 49.6 Å². The fraction of sp³-hybridized carbons (Fsp3) is 0.474. The standard InChI is InChI=1S/C19H26BBr2N2/c1-10(2)9-15-18-11(3)16(21)13(5)23(18)20(7,8)24-14(6)17(22)12(4)19(15)24/h10H,7,9H2,1-6,8H3/q+1. The van der Waals surface area contributed by atoms with E-state index in [1.807, 2.05) is 0 Å². The molecular weight excluding hydrogens is 427 g/mol. The topological polar surface area (TPSA) is 7.94 Å². The highest BCUT2D eigenvalue weighted by atomic mass is 79.9. The van der Waals surface area contributed by atoms with Crippen LogP contribution in [0, 0.1) is 26.6 Å². The third-order valence-corrected chi connectivity index (χ3v) is 7.84. The molecule has 3 rings (SSSR count). The van der Waals surface area contributed by atoms with E-state index in [2.05, 4.69) is 96.0 Å². The molecule has 0 N–H and O–H groups in total. The molecule has 0 radical (unpaired) electrons. The lowest BCUT2D eigenvalue weighted by atomic mass is 9.48. The molecule has 2 nitrogen and oxygen atoms in total. The van der Waals surface area contributed by atoms with Gasteiger partial charge in [0.15, 0.2) is 5.70 Å². The Kier molecular flexibility index (Phi) is 4.28. The lowest BCUT2D eigenvalue weighted by molar-refractivity contribution is -0.334. The van der Waals surface area contributed by atoms with Crippen molar-refractivity contribution in [3.63, 3.8) is 0 Å². The Morgan fingerprint density at radius 2 is 1.75 bits per heavy atom. The van der Waals surface area contributed by atoms with Gasteiger partial charge in [0.25, 0.3) is 0 Å². The summed E-state index contributed by atoms with van der Waals surface area (Å²) in [5.41, 5.74) is 9.39. The van der Waals surface area contributed by atoms with Gasteiger partial charge in [0, 0.05) is 28.2 Å². The van der Waals surface area contributed by atoms with Crippen LogP contribution in [0.15, 0.2) is 20.2 Å². The number of halogens is 2. The van der Waals surface area contributed by atoms with E-state index in [0.29, 0.717) is 5.92 Å². The van der Waals surface area contributed by atoms with Gasteiger partial charge in [-0.2, -0.15) is 0 Å². The molecule has 0 spiro atoms. The minimum absolute atomic E-state index is 0.602. The summed E-state index contributed by atoms with van der Waals surface area (Å²) in [4.78, 5) is 0. The molecule has 0 saturated heterocycles. The van der Waals surface area contributed by atoms with Crippen LogP contribution < -0.4 is 0 Å². The number of allylic oxidation sites excluding steroid dienone is 3. The summed E-state index contributed by atoms with van der Waals surface area (Å²) in [7, 11) is 0. The molecule has 1 aromatic heterocycles. The number of hydrogen-bond acceptors (Lipinski definition) is 0. The minimum Gasteiger partial charge on any atom is -0.412 e. The third kappa shape index (κ3) is 2.20. The molecular formula is C19H26BBr2N2+. The van der Waals surface area contributed by atoms with E-state index in [1.165, 1.54) is 48.5 Å². The van der Waals surface area contributed by atoms with Crippen molar-refractivity contribution in [3.05, 3.63) is 44.0 Å². The summed E-state index contributed by atoms with van der Waals surface area (Å²) in [5, 5.41) is 0. The first-order valence-corrected chi connectivity index (χ1v) is 10.3. The molecule has 5 heteroatoms. The van der Waals surface area contributed by atoms with E-state index in [1.54, 1.807) is 0 Å². The predicted octanol–water partition coefficient (Wildman–Crippen LogP) is 6.09. The third-order valence-electron chi connectivity index (χ3n) is 5.51. The Bertz CT molecular complexity index is 851. The summed E-state index contributed by atoms with van der Waals surface area (Å²) in [6.45, 7) is 20.4. The molecule has 1 aromatic rings. The number of nitrogens with zero attached hydrogens (tertiary/aromatic N) is 2. The summed E-state index contributed by atoms with van der Waals surface area (Å²) in [6, 6.07) is 0. The van der Waals surface area contributed by atoms with Gasteiger partial charge in [-0.3, -0.25) is 0 Å². The van der Waals surface area contributed by atoms with E-state index in [-0.39, 0.29) is 0 Å². The van der Waals surface area contributed by atoms with Crippen LogP contribution in [0.2, 0.25) is 6.82 Å². The average Bonchev–Trinajstić information content (AvgIpc) is 2.85. The van der Waals surface area contributed by atoms with Crippen molar-refractivity contribution in [1.29, 1.82) is 0 Å². The van der Waals surface area contributed by atoms with Gasteiger partial charge in [-0.15, -0.1) is 0 Å². The Labute approximate surface area is 162 Å². The summed E-state index contributed by atoms with van der Waals surface area (Å²) >= 11 is 7.64. The SMILES string of the molecule is [CH2+][B-]1(C)n2c(C)c(Br)c(C)c2C(CC(C)C)=C2C(C)=C(Br)C(C)=[N+]21. The zero-order chi connectivity index (χ0) is 18.1. The lowest BCUT2D eigenvalue weighted by Crippen LogP contribution is -2.54. The van der Waals surface area contributed by atoms with Crippen molar-refractivity contribution in [2.24, 2.45) is 5.92 Å². The summed E-state index contributed by atoms with van der Waals surface area (Å²) < 4.78 is 7.39. The van der Waals surface area contributed by atoms with Crippen LogP contribution in [0.5, 0.6) is 0 Å². The molecule has 0 amide bonds. The number of aromatic nitrogens is 1. The van der Waals surface area contributed by atoms with E-state index in [9.17, 15) is 0 Å². The van der Waals surface area contributed by atoms with Crippen molar-refractivity contribution in [1.82, 2.24) is 4.48 Å². The summed E-state index contributed by atoms with van der Waals surface area (Å²) in [6.07, 6.45) is -0.101. The van der Waals surface area contributed by atoms with Gasteiger partial charge in [0.05, 0.1) is 4.48 Å². The Morgan fingerprint density at radius 1 is 1.17 bits per heavy atom. The number of hydrogen-bond donors (Lipinski definition) is 0. The molecule has 1 unspecified atom stereocenters. The van der Waals surface area contributed by atoms with Crippen molar-refractivity contribution in [2.75, 3.05) is 0 Å². The highest BCUT2D eigenvalue weighted by Crippen LogP contribution is 2.46. The van der Waals surface area contributed by atoms with Gasteiger partial charge in [-0.05, 0) is 89.9 Å². The normalized spacial score (nSPS) is 23.6. The highest BCUT2D eigenvalue weighted by Gasteiger charge is 2.53. The first-order valence-electron chi connectivity index (χ1n) is 8.69. The van der Waals surface area contributed by atoms with Crippen LogP contribution in [0.25, 0.3) is 5.57 Å². The lowest BCUT2D eigenvalue weighted by Gasteiger charge is -2.35. The van der Waals surface area contributed by atoms with Crippen LogP contribution in [-0.4, -0.2) is 21.1 Å². The second-order valence-electron chi connectivity index (χ2n) is 7.97. The number of rotatable bonds is 2. The quantitative estimate of drug-likeness (QED) is 0.379. The van der Waals surface area contributed by atoms with Gasteiger partial charge in [0.1, 0.15) is 5.71 Å². The second-order valence-corrected chi connectivity index (χ2v) is 9.55. The fourth-order valence-electron chi connectivity index (χ4n) is 4.62. The van der Waals surface area contributed by atoms with Gasteiger partial charge >= 0.3 is 6.42 Å². The van der Waals surface area contributed by atoms with Gasteiger partial charge < -0.3 is 8.96 Å². The zero-order valence-corrected chi connectivity index (χ0v) is 18.9. The molecule has 2 aliphatic rings. The van der Waals surface area contributed by atoms with Crippen LogP contribution in [0.1, 0.15) is 51.1 Å². The molecule has 0 fully saturated rings. The van der Waals surface area contributed by atoms with Crippen molar-refractivity contribution in [2.45, 2.75) is 54.8 Å². The van der Waals surface area contributed by atoms with Crippen molar-refractivity contribution < 1.29 is 4.49 Å². The van der Waals surface area contributed by atoms with E-state index in [4.69, 9.17) is 0 Å². The first-order chi connectivity index (χ1) is 11.0. The van der Waals surface area contributed by atoms with Crippen LogP contribution in [-0.2, 0) is 0 Å². The van der Waals surface area contributed by atoms with E-state index >= 15 is 0 Å². The van der Waals surface area contributed by atoms with Gasteiger partial charge in [-0.1, -0.05) is 13.8 Å². The Morgan fingerprint density at radius 3 is 2.29 bits per heavy atom. The zero-order valence-electron chi connectivity index (χ0n) is 15.7. The molecule has 2 aliphatic heterocycles. The average molecular weight is 453 g/mol. The second kappa shape index (κ2) is 5.67. The minimum atomic E-state index is -1.17. The maximum atomic E-state index is 4.69. The maximum Gasteiger partial charge on any atom is 0.557 e. The molecule has 128 valence electrons. The number of fused-ring (bicyclic) bond motifs is 2. The van der Waals surface area contributed by atoms with Gasteiger partial charge in [-0.25, -0.2) is 0 Å². The Balaban J connectivity index is 2.50. The maximum absolute atomic E-state index is 4.69. The van der Waals surface area contributed by atoms with Crippen molar-refractivity contribution in [3.8, 4) is 0 Å². The Hall–Kier alpha value is -0.675. The molecule has 0 saturated carbocycles. The van der Waals surface area contributed by atoms with Crippen LogP contribution >= 0.6 is 31.9 Å². The largest absolute Gasteiger partial charge is 0.557 e. The molecule has 24 heavy (non-hydrogen) atoms. The molecule has 0 aromatic carbocycles. The van der Waals surface area contributed by atoms with Gasteiger partial charge in [0.2, 0.25) is 0 Å². The van der Waals surface area contributed by atoms with Crippen LogP contribution in [0.3, 0.4) is 0 Å². The molecule has 0 bridgehead atoms. The van der Waals surface area contributed by atoms with E-state index in [0.717, 1.165) is 6.42 Å². The monoisotopic (exact) mass is 451 g/mol. The summed E-state index contributed by atoms with van der Waals surface area (Å²) in [5.74, 6) is 0.602. The first kappa shape index (κ1) is 18.1. The highest BCUT2D eigenvalue weighted by molar-refractivity contribution is 9.12. The molecule has 1 atom stereocenters. The fourth-order valence-corrected chi connectivity index (χ4v) is 5.38. The predicted molar refractivity (Wildman–Crippen MR) is 113 cm³/mol. The molecule has 0 aliphatic carbocycles. The molecule has 3 heterocycles. The van der Waals surface area contributed by atoms with Crippen LogP contribution in [0.4, 0.5) is 0 Å². The smallest absolute Gasteiger partial charge is 0.412 e.